The molecule has 3 N–H and O–H groups in total. The van der Waals surface area contributed by atoms with Gasteiger partial charge in [-0.25, -0.2) is 15.8 Å². The van der Waals surface area contributed by atoms with Crippen molar-refractivity contribution in [3.05, 3.63) is 34.8 Å². The van der Waals surface area contributed by atoms with Crippen LogP contribution in [0.5, 0.6) is 0 Å². The number of hydrogen-bond acceptors (Lipinski definition) is 6. The molecule has 0 atom stereocenters. The maximum absolute atomic E-state index is 5.39. The quantitative estimate of drug-likeness (QED) is 0.292. The Kier molecular flexibility index (Phi) is 4.87. The fourth-order valence-electron chi connectivity index (χ4n) is 1.27. The standard InChI is InChI=1S/C11H11BrN4S2/c1-17-11-14-9(16-13)6-10(15-11)18-8-4-2-3-7(12)5-8/h2-6H,13H2,1H3,(H,14,15,16). The van der Waals surface area contributed by atoms with Crippen molar-refractivity contribution >= 4 is 45.3 Å². The fraction of sp³-hybridized carbons (Fsp3) is 0.0909. The fourth-order valence-corrected chi connectivity index (χ4v) is 3.14. The molecule has 0 aliphatic heterocycles. The van der Waals surface area contributed by atoms with E-state index in [0.717, 1.165) is 14.4 Å². The Morgan fingerprint density at radius 2 is 2.11 bits per heavy atom. The van der Waals surface area contributed by atoms with E-state index < -0.39 is 0 Å². The van der Waals surface area contributed by atoms with Gasteiger partial charge in [-0.1, -0.05) is 45.5 Å². The minimum atomic E-state index is 0.617. The van der Waals surface area contributed by atoms with E-state index in [-0.39, 0.29) is 0 Å². The van der Waals surface area contributed by atoms with E-state index in [2.05, 4.69) is 31.3 Å². The molecule has 1 aromatic carbocycles. The summed E-state index contributed by atoms with van der Waals surface area (Å²) in [4.78, 5) is 9.76. The second kappa shape index (κ2) is 6.42. The second-order valence-corrected chi connectivity index (χ2v) is 6.06. The smallest absolute Gasteiger partial charge is 0.190 e. The Morgan fingerprint density at radius 3 is 2.78 bits per heavy atom. The molecule has 4 nitrogen and oxygen atoms in total. The summed E-state index contributed by atoms with van der Waals surface area (Å²) in [6.45, 7) is 0. The maximum Gasteiger partial charge on any atom is 0.190 e. The zero-order valence-corrected chi connectivity index (χ0v) is 12.8. The average molecular weight is 343 g/mol. The van der Waals surface area contributed by atoms with E-state index >= 15 is 0 Å². The molecule has 0 amide bonds. The molecular formula is C11H11BrN4S2. The monoisotopic (exact) mass is 342 g/mol. The van der Waals surface area contributed by atoms with Crippen molar-refractivity contribution in [3.63, 3.8) is 0 Å². The van der Waals surface area contributed by atoms with Crippen LogP contribution in [0.2, 0.25) is 0 Å². The van der Waals surface area contributed by atoms with Gasteiger partial charge in [0.25, 0.3) is 0 Å². The number of thioether (sulfide) groups is 1. The van der Waals surface area contributed by atoms with Gasteiger partial charge in [-0.3, -0.25) is 0 Å². The van der Waals surface area contributed by atoms with E-state index in [0.29, 0.717) is 11.0 Å². The van der Waals surface area contributed by atoms with Gasteiger partial charge >= 0.3 is 0 Å². The van der Waals surface area contributed by atoms with Gasteiger partial charge in [-0.2, -0.15) is 0 Å². The topological polar surface area (TPSA) is 63.8 Å². The first-order valence-corrected chi connectivity index (χ1v) is 7.88. The Balaban J connectivity index is 2.28. The van der Waals surface area contributed by atoms with Crippen molar-refractivity contribution in [1.82, 2.24) is 9.97 Å². The van der Waals surface area contributed by atoms with Gasteiger partial charge in [-0.05, 0) is 24.5 Å². The third-order valence-electron chi connectivity index (χ3n) is 2.03. The van der Waals surface area contributed by atoms with Crippen molar-refractivity contribution < 1.29 is 0 Å². The highest BCUT2D eigenvalue weighted by molar-refractivity contribution is 9.10. The van der Waals surface area contributed by atoms with Crippen LogP contribution in [0.15, 0.2) is 49.9 Å². The molecular weight excluding hydrogens is 332 g/mol. The number of nitrogen functional groups attached to an aromatic ring is 1. The summed E-state index contributed by atoms with van der Waals surface area (Å²) < 4.78 is 1.05. The van der Waals surface area contributed by atoms with Crippen LogP contribution in [0.25, 0.3) is 0 Å². The number of halogens is 1. The molecule has 94 valence electrons. The molecule has 1 aromatic heterocycles. The Bertz CT molecular complexity index is 528. The summed E-state index contributed by atoms with van der Waals surface area (Å²) in [5.74, 6) is 6.01. The Hall–Kier alpha value is -0.760. The van der Waals surface area contributed by atoms with Crippen molar-refractivity contribution in [2.24, 2.45) is 5.84 Å². The minimum Gasteiger partial charge on any atom is -0.308 e. The molecule has 0 radical (unpaired) electrons. The number of nitrogens with two attached hydrogens (primary N) is 1. The largest absolute Gasteiger partial charge is 0.308 e. The van der Waals surface area contributed by atoms with E-state index in [4.69, 9.17) is 5.84 Å². The number of hydrazine groups is 1. The molecule has 0 saturated carbocycles. The molecule has 0 unspecified atom stereocenters. The number of hydrogen-bond donors (Lipinski definition) is 2. The van der Waals surface area contributed by atoms with E-state index in [1.807, 2.05) is 36.6 Å². The molecule has 0 bridgehead atoms. The van der Waals surface area contributed by atoms with Gasteiger partial charge in [0.1, 0.15) is 10.8 Å². The number of anilines is 1. The number of aromatic nitrogens is 2. The van der Waals surface area contributed by atoms with E-state index in [1.165, 1.54) is 11.8 Å². The summed E-state index contributed by atoms with van der Waals surface area (Å²) in [6.07, 6.45) is 1.93. The van der Waals surface area contributed by atoms with E-state index in [9.17, 15) is 0 Å². The van der Waals surface area contributed by atoms with Crippen LogP contribution < -0.4 is 11.3 Å². The molecule has 1 heterocycles. The molecule has 0 aliphatic carbocycles. The van der Waals surface area contributed by atoms with Crippen LogP contribution in [-0.4, -0.2) is 16.2 Å². The van der Waals surface area contributed by atoms with Gasteiger partial charge in [0.05, 0.1) is 0 Å². The molecule has 0 spiro atoms. The Labute approximate surface area is 122 Å². The molecule has 18 heavy (non-hydrogen) atoms. The maximum atomic E-state index is 5.39. The second-order valence-electron chi connectivity index (χ2n) is 3.28. The first kappa shape index (κ1) is 13.7. The summed E-state index contributed by atoms with van der Waals surface area (Å²) in [6, 6.07) is 9.88. The lowest BCUT2D eigenvalue weighted by molar-refractivity contribution is 0.893. The lowest BCUT2D eigenvalue weighted by Gasteiger charge is -2.06. The number of nitrogens with zero attached hydrogens (tertiary/aromatic N) is 2. The van der Waals surface area contributed by atoms with Crippen LogP contribution in [0, 0.1) is 0 Å². The zero-order chi connectivity index (χ0) is 13.0. The highest BCUT2D eigenvalue weighted by atomic mass is 79.9. The van der Waals surface area contributed by atoms with E-state index in [1.54, 1.807) is 11.8 Å². The first-order valence-electron chi connectivity index (χ1n) is 5.04. The lowest BCUT2D eigenvalue weighted by Crippen LogP contribution is -2.09. The van der Waals surface area contributed by atoms with Crippen LogP contribution in [0.1, 0.15) is 0 Å². The molecule has 7 heteroatoms. The molecule has 0 aliphatic rings. The van der Waals surface area contributed by atoms with Gasteiger partial charge in [0.2, 0.25) is 0 Å². The van der Waals surface area contributed by atoms with Crippen LogP contribution >= 0.6 is 39.5 Å². The van der Waals surface area contributed by atoms with Crippen LogP contribution in [-0.2, 0) is 0 Å². The molecule has 2 rings (SSSR count). The molecule has 0 fully saturated rings. The van der Waals surface area contributed by atoms with Gasteiger partial charge in [0.15, 0.2) is 5.16 Å². The van der Waals surface area contributed by atoms with Gasteiger partial charge in [-0.15, -0.1) is 0 Å². The third kappa shape index (κ3) is 3.61. The minimum absolute atomic E-state index is 0.617. The summed E-state index contributed by atoms with van der Waals surface area (Å²) in [7, 11) is 0. The molecule has 0 saturated heterocycles. The SMILES string of the molecule is CSc1nc(NN)cc(Sc2cccc(Br)c2)n1. The average Bonchev–Trinajstić information content (AvgIpc) is 2.38. The lowest BCUT2D eigenvalue weighted by atomic mass is 10.4. The third-order valence-corrected chi connectivity index (χ3v) is 3.98. The highest BCUT2D eigenvalue weighted by Gasteiger charge is 2.05. The van der Waals surface area contributed by atoms with Gasteiger partial charge in [0, 0.05) is 15.4 Å². The summed E-state index contributed by atoms with van der Waals surface area (Å²) in [5, 5.41) is 1.56. The van der Waals surface area contributed by atoms with Crippen LogP contribution in [0.4, 0.5) is 5.82 Å². The number of benzene rings is 1. The normalized spacial score (nSPS) is 10.4. The van der Waals surface area contributed by atoms with Crippen LogP contribution in [0.3, 0.4) is 0 Å². The van der Waals surface area contributed by atoms with Crippen molar-refractivity contribution in [2.45, 2.75) is 15.1 Å². The predicted molar refractivity (Wildman–Crippen MR) is 79.9 cm³/mol. The number of nitrogens with one attached hydrogen (secondary N) is 1. The predicted octanol–water partition coefficient (Wildman–Crippen LogP) is 3.40. The first-order chi connectivity index (χ1) is 8.71. The summed E-state index contributed by atoms with van der Waals surface area (Å²) in [5.41, 5.74) is 2.55. The van der Waals surface area contributed by atoms with Crippen molar-refractivity contribution in [3.8, 4) is 0 Å². The Morgan fingerprint density at radius 1 is 1.28 bits per heavy atom. The highest BCUT2D eigenvalue weighted by Crippen LogP contribution is 2.30. The zero-order valence-electron chi connectivity index (χ0n) is 9.55. The van der Waals surface area contributed by atoms with Crippen molar-refractivity contribution in [1.29, 1.82) is 0 Å². The summed E-state index contributed by atoms with van der Waals surface area (Å²) >= 11 is 6.51. The number of rotatable bonds is 4. The molecule has 2 aromatic rings. The van der Waals surface area contributed by atoms with Crippen molar-refractivity contribution in [2.75, 3.05) is 11.7 Å². The van der Waals surface area contributed by atoms with Gasteiger partial charge < -0.3 is 5.43 Å².